The van der Waals surface area contributed by atoms with Gasteiger partial charge in [-0.05, 0) is 32.6 Å². The van der Waals surface area contributed by atoms with Gasteiger partial charge in [0.05, 0.1) is 12.5 Å². The molecule has 0 spiro atoms. The van der Waals surface area contributed by atoms with Crippen LogP contribution in [-0.4, -0.2) is 29.6 Å². The molecule has 0 aromatic carbocycles. The normalized spacial score (nSPS) is 32.3. The fourth-order valence-electron chi connectivity index (χ4n) is 1.73. The van der Waals surface area contributed by atoms with Gasteiger partial charge < -0.3 is 14.6 Å². The summed E-state index contributed by atoms with van der Waals surface area (Å²) in [6.07, 6.45) is 2.37. The van der Waals surface area contributed by atoms with Crippen molar-refractivity contribution in [3.63, 3.8) is 0 Å². The molecule has 0 amide bonds. The molecule has 1 aliphatic rings. The van der Waals surface area contributed by atoms with Gasteiger partial charge in [0.1, 0.15) is 5.60 Å². The number of hydrogen-bond donors (Lipinski definition) is 1. The summed E-state index contributed by atoms with van der Waals surface area (Å²) >= 11 is 0. The van der Waals surface area contributed by atoms with Crippen LogP contribution in [0.1, 0.15) is 32.6 Å². The third-order valence-electron chi connectivity index (χ3n) is 2.69. The van der Waals surface area contributed by atoms with Crippen LogP contribution in [0.2, 0.25) is 0 Å². The molecule has 0 radical (unpaired) electrons. The Bertz CT molecular complexity index is 216. The molecule has 0 aromatic rings. The molecular formula is C10H16O4. The maximum absolute atomic E-state index is 11.3. The van der Waals surface area contributed by atoms with Crippen molar-refractivity contribution < 1.29 is 19.4 Å². The van der Waals surface area contributed by atoms with E-state index in [1.165, 1.54) is 0 Å². The smallest absolute Gasteiger partial charge is 0.308 e. The van der Waals surface area contributed by atoms with E-state index in [0.29, 0.717) is 38.6 Å². The quantitative estimate of drug-likeness (QED) is 0.537. The lowest BCUT2D eigenvalue weighted by Crippen LogP contribution is -2.37. The molecule has 1 N–H and O–H groups in total. The molecule has 0 saturated heterocycles. The Morgan fingerprint density at radius 2 is 2.14 bits per heavy atom. The van der Waals surface area contributed by atoms with Gasteiger partial charge in [0.25, 0.3) is 0 Å². The second-order valence-corrected chi connectivity index (χ2v) is 3.75. The van der Waals surface area contributed by atoms with Gasteiger partial charge in [0.15, 0.2) is 6.29 Å². The number of esters is 1. The summed E-state index contributed by atoms with van der Waals surface area (Å²) in [6, 6.07) is 0. The standard InChI is InChI=1S/C10H16O4/c1-2-14-9(12)8-3-5-10(13,7-11)6-4-8/h7-8,13H,2-6H2,1H3. The lowest BCUT2D eigenvalue weighted by molar-refractivity contribution is -0.152. The molecule has 0 unspecified atom stereocenters. The molecule has 0 atom stereocenters. The lowest BCUT2D eigenvalue weighted by Gasteiger charge is -2.30. The number of aldehydes is 1. The minimum atomic E-state index is -1.21. The Labute approximate surface area is 83.2 Å². The maximum atomic E-state index is 11.3. The Hall–Kier alpha value is -0.900. The van der Waals surface area contributed by atoms with E-state index in [9.17, 15) is 14.7 Å². The molecule has 0 aromatic heterocycles. The van der Waals surface area contributed by atoms with Gasteiger partial charge in [-0.3, -0.25) is 4.79 Å². The fourth-order valence-corrected chi connectivity index (χ4v) is 1.73. The minimum absolute atomic E-state index is 0.143. The molecular weight excluding hydrogens is 184 g/mol. The van der Waals surface area contributed by atoms with Gasteiger partial charge in [0.2, 0.25) is 0 Å². The number of aliphatic hydroxyl groups is 1. The fraction of sp³-hybridized carbons (Fsp3) is 0.800. The van der Waals surface area contributed by atoms with E-state index in [4.69, 9.17) is 4.74 Å². The maximum Gasteiger partial charge on any atom is 0.308 e. The van der Waals surface area contributed by atoms with Gasteiger partial charge in [-0.2, -0.15) is 0 Å². The average Bonchev–Trinajstić information content (AvgIpc) is 2.19. The van der Waals surface area contributed by atoms with Crippen LogP contribution >= 0.6 is 0 Å². The van der Waals surface area contributed by atoms with Crippen molar-refractivity contribution in [1.29, 1.82) is 0 Å². The van der Waals surface area contributed by atoms with Crippen LogP contribution in [0.15, 0.2) is 0 Å². The van der Waals surface area contributed by atoms with Gasteiger partial charge in [-0.15, -0.1) is 0 Å². The van der Waals surface area contributed by atoms with E-state index in [1.807, 2.05) is 0 Å². The first-order valence-electron chi connectivity index (χ1n) is 4.96. The molecule has 4 nitrogen and oxygen atoms in total. The summed E-state index contributed by atoms with van der Waals surface area (Å²) < 4.78 is 4.87. The molecule has 0 heterocycles. The monoisotopic (exact) mass is 200 g/mol. The van der Waals surface area contributed by atoms with Crippen LogP contribution in [0, 0.1) is 5.92 Å². The SMILES string of the molecule is CCOC(=O)C1CCC(O)(C=O)CC1. The second kappa shape index (κ2) is 4.55. The van der Waals surface area contributed by atoms with Crippen LogP contribution in [0.4, 0.5) is 0 Å². The highest BCUT2D eigenvalue weighted by atomic mass is 16.5. The predicted octanol–water partition coefficient (Wildman–Crippen LogP) is 0.670. The summed E-state index contributed by atoms with van der Waals surface area (Å²) in [6.45, 7) is 2.15. The first kappa shape index (κ1) is 11.2. The molecule has 0 aliphatic heterocycles. The number of carbonyl (C=O) groups excluding carboxylic acids is 2. The van der Waals surface area contributed by atoms with Crippen molar-refractivity contribution >= 4 is 12.3 Å². The van der Waals surface area contributed by atoms with E-state index in [1.54, 1.807) is 6.92 Å². The van der Waals surface area contributed by atoms with Gasteiger partial charge in [0, 0.05) is 0 Å². The highest BCUT2D eigenvalue weighted by molar-refractivity contribution is 5.73. The molecule has 1 aliphatic carbocycles. The zero-order chi connectivity index (χ0) is 10.6. The summed E-state index contributed by atoms with van der Waals surface area (Å²) in [7, 11) is 0. The highest BCUT2D eigenvalue weighted by Crippen LogP contribution is 2.31. The second-order valence-electron chi connectivity index (χ2n) is 3.75. The van der Waals surface area contributed by atoms with Gasteiger partial charge in [-0.1, -0.05) is 0 Å². The Morgan fingerprint density at radius 1 is 1.57 bits per heavy atom. The van der Waals surface area contributed by atoms with Gasteiger partial charge in [-0.25, -0.2) is 0 Å². The molecule has 14 heavy (non-hydrogen) atoms. The summed E-state index contributed by atoms with van der Waals surface area (Å²) in [5.41, 5.74) is -1.21. The molecule has 4 heteroatoms. The molecule has 1 saturated carbocycles. The predicted molar refractivity (Wildman–Crippen MR) is 49.6 cm³/mol. The lowest BCUT2D eigenvalue weighted by atomic mass is 9.80. The first-order valence-corrected chi connectivity index (χ1v) is 4.96. The molecule has 0 bridgehead atoms. The molecule has 80 valence electrons. The number of carbonyl (C=O) groups is 2. The van der Waals surface area contributed by atoms with Crippen LogP contribution in [0.5, 0.6) is 0 Å². The third kappa shape index (κ3) is 2.54. The van der Waals surface area contributed by atoms with E-state index in [2.05, 4.69) is 0 Å². The molecule has 1 rings (SSSR count). The van der Waals surface area contributed by atoms with Gasteiger partial charge >= 0.3 is 5.97 Å². The van der Waals surface area contributed by atoms with Crippen LogP contribution < -0.4 is 0 Å². The van der Waals surface area contributed by atoms with Crippen LogP contribution in [-0.2, 0) is 14.3 Å². The van der Waals surface area contributed by atoms with E-state index in [-0.39, 0.29) is 11.9 Å². The Kier molecular flexibility index (Phi) is 3.63. The first-order chi connectivity index (χ1) is 6.61. The summed E-state index contributed by atoms with van der Waals surface area (Å²) in [5, 5.41) is 9.59. The zero-order valence-corrected chi connectivity index (χ0v) is 8.36. The van der Waals surface area contributed by atoms with Crippen molar-refractivity contribution in [1.82, 2.24) is 0 Å². The van der Waals surface area contributed by atoms with Crippen molar-refractivity contribution in [2.75, 3.05) is 6.61 Å². The van der Waals surface area contributed by atoms with Crippen molar-refractivity contribution in [2.45, 2.75) is 38.2 Å². The van der Waals surface area contributed by atoms with Crippen molar-refractivity contribution in [3.8, 4) is 0 Å². The average molecular weight is 200 g/mol. The summed E-state index contributed by atoms with van der Waals surface area (Å²) in [5.74, 6) is -0.351. The highest BCUT2D eigenvalue weighted by Gasteiger charge is 2.35. The number of ether oxygens (including phenoxy) is 1. The minimum Gasteiger partial charge on any atom is -0.466 e. The number of hydrogen-bond acceptors (Lipinski definition) is 4. The Balaban J connectivity index is 2.42. The largest absolute Gasteiger partial charge is 0.466 e. The van der Waals surface area contributed by atoms with E-state index >= 15 is 0 Å². The van der Waals surface area contributed by atoms with Crippen molar-refractivity contribution in [3.05, 3.63) is 0 Å². The van der Waals surface area contributed by atoms with Crippen LogP contribution in [0.3, 0.4) is 0 Å². The number of rotatable bonds is 3. The van der Waals surface area contributed by atoms with E-state index < -0.39 is 5.60 Å². The van der Waals surface area contributed by atoms with Crippen LogP contribution in [0.25, 0.3) is 0 Å². The summed E-state index contributed by atoms with van der Waals surface area (Å²) in [4.78, 5) is 21.8. The van der Waals surface area contributed by atoms with Crippen molar-refractivity contribution in [2.24, 2.45) is 5.92 Å². The third-order valence-corrected chi connectivity index (χ3v) is 2.69. The topological polar surface area (TPSA) is 63.6 Å². The zero-order valence-electron chi connectivity index (χ0n) is 8.36. The van der Waals surface area contributed by atoms with E-state index in [0.717, 1.165) is 0 Å². The molecule has 1 fully saturated rings. The Morgan fingerprint density at radius 3 is 2.57 bits per heavy atom.